The van der Waals surface area contributed by atoms with Crippen molar-refractivity contribution in [1.82, 2.24) is 0 Å². The van der Waals surface area contributed by atoms with Crippen molar-refractivity contribution in [3.8, 4) is 0 Å². The van der Waals surface area contributed by atoms with Gasteiger partial charge < -0.3 is 21.7 Å². The molecule has 6 nitrogen and oxygen atoms in total. The zero-order chi connectivity index (χ0) is 23.8. The van der Waals surface area contributed by atoms with E-state index in [2.05, 4.69) is 0 Å². The quantitative estimate of drug-likeness (QED) is 0.241. The van der Waals surface area contributed by atoms with Crippen LogP contribution in [0.2, 0.25) is 0 Å². The van der Waals surface area contributed by atoms with E-state index in [1.54, 1.807) is 0 Å². The van der Waals surface area contributed by atoms with Crippen LogP contribution >= 0.6 is 21.6 Å². The molecular weight excluding hydrogens is 456 g/mol. The minimum atomic E-state index is -1.25. The molecule has 0 aliphatic carbocycles. The molecule has 0 saturated carbocycles. The van der Waals surface area contributed by atoms with Crippen molar-refractivity contribution in [2.75, 3.05) is 5.75 Å². The summed E-state index contributed by atoms with van der Waals surface area (Å²) in [5.74, 6) is -2.14. The number of rotatable bonds is 11. The van der Waals surface area contributed by atoms with E-state index in [4.69, 9.17) is 11.5 Å². The van der Waals surface area contributed by atoms with Crippen molar-refractivity contribution in [2.24, 2.45) is 11.5 Å². The number of carboxylic acid groups (broad SMARTS) is 2. The predicted molar refractivity (Wildman–Crippen MR) is 134 cm³/mol. The van der Waals surface area contributed by atoms with E-state index < -0.39 is 34.7 Å². The molecule has 0 bridgehead atoms. The van der Waals surface area contributed by atoms with Gasteiger partial charge in [0.2, 0.25) is 0 Å². The van der Waals surface area contributed by atoms with Crippen LogP contribution in [0.1, 0.15) is 16.7 Å². The van der Waals surface area contributed by atoms with Gasteiger partial charge in [-0.25, -0.2) is 0 Å². The van der Waals surface area contributed by atoms with Crippen LogP contribution in [0.5, 0.6) is 0 Å². The van der Waals surface area contributed by atoms with Crippen molar-refractivity contribution < 1.29 is 19.8 Å². The third-order valence-corrected chi connectivity index (χ3v) is 8.39. The Morgan fingerprint density at radius 1 is 0.727 bits per heavy atom. The van der Waals surface area contributed by atoms with Crippen molar-refractivity contribution in [2.45, 2.75) is 22.7 Å². The van der Waals surface area contributed by atoms with E-state index in [0.29, 0.717) is 0 Å². The maximum absolute atomic E-state index is 12.2. The summed E-state index contributed by atoms with van der Waals surface area (Å²) in [4.78, 5) is 23.4. The molecule has 0 saturated heterocycles. The van der Waals surface area contributed by atoms with Gasteiger partial charge in [0, 0.05) is 5.75 Å². The second-order valence-electron chi connectivity index (χ2n) is 7.52. The van der Waals surface area contributed by atoms with Gasteiger partial charge in [0.25, 0.3) is 0 Å². The Bertz CT molecular complexity index is 955. The monoisotopic (exact) mass is 482 g/mol. The molecule has 172 valence electrons. The molecule has 8 heteroatoms. The highest BCUT2D eigenvalue weighted by Crippen LogP contribution is 2.50. The van der Waals surface area contributed by atoms with Crippen molar-refractivity contribution in [3.05, 3.63) is 108 Å². The molecule has 0 radical (unpaired) electrons. The normalized spacial score (nSPS) is 14.2. The Morgan fingerprint density at radius 2 is 1.12 bits per heavy atom. The van der Waals surface area contributed by atoms with Crippen molar-refractivity contribution in [1.29, 1.82) is 0 Å². The smallest absolute Gasteiger partial charge is 0.321 e. The molecule has 0 heterocycles. The van der Waals surface area contributed by atoms with E-state index >= 15 is 0 Å². The molecule has 0 aliphatic rings. The third-order valence-electron chi connectivity index (χ3n) is 5.46. The summed E-state index contributed by atoms with van der Waals surface area (Å²) >= 11 is 0. The fourth-order valence-electron chi connectivity index (χ4n) is 3.88. The van der Waals surface area contributed by atoms with E-state index in [-0.39, 0.29) is 5.75 Å². The first kappa shape index (κ1) is 24.9. The van der Waals surface area contributed by atoms with Gasteiger partial charge >= 0.3 is 11.9 Å². The van der Waals surface area contributed by atoms with E-state index in [9.17, 15) is 19.8 Å². The number of aliphatic carboxylic acids is 2. The standard InChI is InChI=1S/C25H26N2O4S2/c26-20(23(28)29)16-32-33-22(21(27)24(30)31)25(17-10-4-1-5-11-17,18-12-6-2-7-13-18)19-14-8-3-9-15-19/h1-15,20-22H,16,26-27H2,(H,28,29)(H,30,31)/t20-,21-,22?/m0/s1. The topological polar surface area (TPSA) is 127 Å². The van der Waals surface area contributed by atoms with Crippen LogP contribution in [0.3, 0.4) is 0 Å². The first-order valence-electron chi connectivity index (χ1n) is 10.3. The summed E-state index contributed by atoms with van der Waals surface area (Å²) in [5, 5.41) is 18.5. The van der Waals surface area contributed by atoms with E-state index in [1.807, 2.05) is 91.0 Å². The van der Waals surface area contributed by atoms with Crippen molar-refractivity contribution in [3.63, 3.8) is 0 Å². The predicted octanol–water partition coefficient (Wildman–Crippen LogP) is 3.59. The van der Waals surface area contributed by atoms with Crippen LogP contribution in [0.15, 0.2) is 91.0 Å². The minimum absolute atomic E-state index is 0.108. The number of nitrogens with two attached hydrogens (primary N) is 2. The summed E-state index contributed by atoms with van der Waals surface area (Å²) in [5.41, 5.74) is 13.8. The second kappa shape index (κ2) is 11.4. The summed E-state index contributed by atoms with van der Waals surface area (Å²) in [6.45, 7) is 0. The average Bonchev–Trinajstić information content (AvgIpc) is 2.84. The lowest BCUT2D eigenvalue weighted by atomic mass is 9.65. The maximum Gasteiger partial charge on any atom is 0.321 e. The van der Waals surface area contributed by atoms with Crippen LogP contribution in [0, 0.1) is 0 Å². The van der Waals surface area contributed by atoms with Gasteiger partial charge in [-0.2, -0.15) is 0 Å². The Kier molecular flexibility index (Phi) is 8.57. The molecule has 3 atom stereocenters. The SMILES string of the molecule is N[C@H](C(=O)O)C(SSC[C@H](N)C(=O)O)C(c1ccccc1)(c1ccccc1)c1ccccc1. The molecular formula is C25H26N2O4S2. The first-order chi connectivity index (χ1) is 15.9. The van der Waals surface area contributed by atoms with Gasteiger partial charge in [-0.1, -0.05) is 113 Å². The van der Waals surface area contributed by atoms with Gasteiger partial charge in [-0.15, -0.1) is 0 Å². The van der Waals surface area contributed by atoms with Gasteiger partial charge in [-0.3, -0.25) is 9.59 Å². The molecule has 0 fully saturated rings. The average molecular weight is 483 g/mol. The van der Waals surface area contributed by atoms with Gasteiger partial charge in [-0.05, 0) is 16.7 Å². The Labute approximate surface area is 200 Å². The molecule has 0 aromatic heterocycles. The fourth-order valence-corrected chi connectivity index (χ4v) is 7.09. The molecule has 3 aromatic rings. The fraction of sp³-hybridized carbons (Fsp3) is 0.200. The minimum Gasteiger partial charge on any atom is -0.480 e. The lowest BCUT2D eigenvalue weighted by Gasteiger charge is -2.43. The summed E-state index contributed by atoms with van der Waals surface area (Å²) in [6.07, 6.45) is 0. The van der Waals surface area contributed by atoms with Gasteiger partial charge in [0.1, 0.15) is 12.1 Å². The van der Waals surface area contributed by atoms with E-state index in [1.165, 1.54) is 21.6 Å². The molecule has 0 spiro atoms. The maximum atomic E-state index is 12.2. The summed E-state index contributed by atoms with van der Waals surface area (Å²) < 4.78 is 0. The molecule has 0 aliphatic heterocycles. The second-order valence-corrected chi connectivity index (χ2v) is 10.1. The summed E-state index contributed by atoms with van der Waals surface area (Å²) in [6, 6.07) is 26.7. The molecule has 3 rings (SSSR count). The van der Waals surface area contributed by atoms with Crippen LogP contribution < -0.4 is 11.5 Å². The van der Waals surface area contributed by atoms with Gasteiger partial charge in [0.05, 0.1) is 10.7 Å². The zero-order valence-corrected chi connectivity index (χ0v) is 19.4. The van der Waals surface area contributed by atoms with Crippen LogP contribution in [0.25, 0.3) is 0 Å². The number of benzene rings is 3. The Balaban J connectivity index is 2.25. The molecule has 0 amide bonds. The van der Waals surface area contributed by atoms with Crippen LogP contribution in [0.4, 0.5) is 0 Å². The third kappa shape index (κ3) is 5.42. The number of carboxylic acids is 2. The number of hydrogen-bond donors (Lipinski definition) is 4. The molecule has 33 heavy (non-hydrogen) atoms. The Hall–Kier alpha value is -2.78. The van der Waals surface area contributed by atoms with Crippen molar-refractivity contribution >= 4 is 33.5 Å². The number of hydrogen-bond acceptors (Lipinski definition) is 6. The molecule has 3 aromatic carbocycles. The largest absolute Gasteiger partial charge is 0.480 e. The van der Waals surface area contributed by atoms with Crippen LogP contribution in [-0.4, -0.2) is 45.2 Å². The zero-order valence-electron chi connectivity index (χ0n) is 17.8. The summed E-state index contributed by atoms with van der Waals surface area (Å²) in [7, 11) is 2.48. The van der Waals surface area contributed by atoms with E-state index in [0.717, 1.165) is 16.7 Å². The highest BCUT2D eigenvalue weighted by atomic mass is 33.1. The van der Waals surface area contributed by atoms with Gasteiger partial charge in [0.15, 0.2) is 0 Å². The van der Waals surface area contributed by atoms with Crippen LogP contribution in [-0.2, 0) is 15.0 Å². The first-order valence-corrected chi connectivity index (χ1v) is 12.7. The highest BCUT2D eigenvalue weighted by molar-refractivity contribution is 8.77. The molecule has 1 unspecified atom stereocenters. The molecule has 6 N–H and O–H groups in total. The lowest BCUT2D eigenvalue weighted by Crippen LogP contribution is -2.53. The number of carbonyl (C=O) groups is 2. The highest BCUT2D eigenvalue weighted by Gasteiger charge is 2.48. The lowest BCUT2D eigenvalue weighted by molar-refractivity contribution is -0.139. The Morgan fingerprint density at radius 3 is 1.45 bits per heavy atom.